The Kier molecular flexibility index (Phi) is 7.67. The fourth-order valence-electron chi connectivity index (χ4n) is 3.86. The number of rotatable bonds is 10. The third-order valence-corrected chi connectivity index (χ3v) is 5.94. The van der Waals surface area contributed by atoms with Crippen LogP contribution in [0.25, 0.3) is 0 Å². The fourth-order valence-corrected chi connectivity index (χ4v) is 3.98. The van der Waals surface area contributed by atoms with Gasteiger partial charge in [-0.1, -0.05) is 54.1 Å². The van der Waals surface area contributed by atoms with E-state index in [0.29, 0.717) is 34.1 Å². The Morgan fingerprint density at radius 3 is 2.37 bits per heavy atom. The van der Waals surface area contributed by atoms with Gasteiger partial charge in [0.05, 0.1) is 5.56 Å². The molecule has 1 amide bonds. The van der Waals surface area contributed by atoms with Crippen LogP contribution in [0.2, 0.25) is 5.02 Å². The van der Waals surface area contributed by atoms with Crippen molar-refractivity contribution >= 4 is 29.4 Å². The monoisotopic (exact) mass is 492 g/mol. The molecule has 1 heterocycles. The van der Waals surface area contributed by atoms with E-state index in [9.17, 15) is 14.7 Å². The molecule has 8 heteroatoms. The van der Waals surface area contributed by atoms with E-state index in [2.05, 4.69) is 4.99 Å². The zero-order valence-electron chi connectivity index (χ0n) is 18.9. The molecular formula is C27H25ClN2O5. The predicted octanol–water partition coefficient (Wildman–Crippen LogP) is 4.57. The van der Waals surface area contributed by atoms with Gasteiger partial charge in [-0.3, -0.25) is 9.59 Å². The number of primary amides is 1. The average molecular weight is 493 g/mol. The molecule has 35 heavy (non-hydrogen) atoms. The van der Waals surface area contributed by atoms with Crippen molar-refractivity contribution in [3.05, 3.63) is 94.0 Å². The summed E-state index contributed by atoms with van der Waals surface area (Å²) >= 11 is 6.02. The van der Waals surface area contributed by atoms with Gasteiger partial charge in [0.2, 0.25) is 11.8 Å². The second-order valence-electron chi connectivity index (χ2n) is 8.19. The standard InChI is InChI=1S/C27H25ClN2O5/c28-20-13-7-17(8-14-20)6-9-18-10-11-19(12-15-23(31)32)25(35-21-4-2-1-3-5-21)24(18)27-30-22(16-34-27)26(29)33/h1-5,7-8,10-11,13-14,22H,6,9,12,15-16H2,(H2,29,33)(H,31,32). The van der Waals surface area contributed by atoms with Crippen molar-refractivity contribution in [1.29, 1.82) is 0 Å². The lowest BCUT2D eigenvalue weighted by atomic mass is 9.94. The number of aliphatic carboxylic acids is 1. The lowest BCUT2D eigenvalue weighted by Crippen LogP contribution is -2.27. The highest BCUT2D eigenvalue weighted by Gasteiger charge is 2.29. The number of carboxylic acids is 1. The number of hydrogen-bond acceptors (Lipinski definition) is 5. The lowest BCUT2D eigenvalue weighted by Gasteiger charge is -2.19. The largest absolute Gasteiger partial charge is 0.481 e. The normalized spacial score (nSPS) is 14.8. The number of hydrogen-bond donors (Lipinski definition) is 2. The summed E-state index contributed by atoms with van der Waals surface area (Å²) in [4.78, 5) is 27.5. The highest BCUT2D eigenvalue weighted by molar-refractivity contribution is 6.30. The van der Waals surface area contributed by atoms with Crippen LogP contribution in [0, 0.1) is 0 Å². The highest BCUT2D eigenvalue weighted by atomic mass is 35.5. The van der Waals surface area contributed by atoms with Crippen molar-refractivity contribution in [2.75, 3.05) is 6.61 Å². The van der Waals surface area contributed by atoms with Gasteiger partial charge in [-0.15, -0.1) is 0 Å². The first-order chi connectivity index (χ1) is 16.9. The number of ether oxygens (including phenoxy) is 2. The fraction of sp³-hybridized carbons (Fsp3) is 0.222. The minimum absolute atomic E-state index is 0.0470. The molecule has 0 radical (unpaired) electrons. The summed E-state index contributed by atoms with van der Waals surface area (Å²) in [5.74, 6) is -0.161. The molecule has 180 valence electrons. The van der Waals surface area contributed by atoms with E-state index in [1.165, 1.54) is 0 Å². The van der Waals surface area contributed by atoms with Crippen molar-refractivity contribution in [1.82, 2.24) is 0 Å². The van der Waals surface area contributed by atoms with E-state index >= 15 is 0 Å². The number of carbonyl (C=O) groups is 2. The van der Waals surface area contributed by atoms with Gasteiger partial charge >= 0.3 is 5.97 Å². The number of nitrogens with zero attached hydrogens (tertiary/aromatic N) is 1. The van der Waals surface area contributed by atoms with E-state index in [0.717, 1.165) is 17.5 Å². The van der Waals surface area contributed by atoms with Crippen LogP contribution in [0.3, 0.4) is 0 Å². The number of carbonyl (C=O) groups excluding carboxylic acids is 1. The number of para-hydroxylation sites is 1. The lowest BCUT2D eigenvalue weighted by molar-refractivity contribution is -0.137. The van der Waals surface area contributed by atoms with E-state index < -0.39 is 17.9 Å². The van der Waals surface area contributed by atoms with E-state index in [-0.39, 0.29) is 25.3 Å². The second-order valence-corrected chi connectivity index (χ2v) is 8.62. The topological polar surface area (TPSA) is 111 Å². The summed E-state index contributed by atoms with van der Waals surface area (Å²) in [6.45, 7) is 0.0470. The van der Waals surface area contributed by atoms with Crippen LogP contribution in [-0.4, -0.2) is 35.5 Å². The molecule has 3 N–H and O–H groups in total. The molecule has 0 bridgehead atoms. The van der Waals surface area contributed by atoms with Crippen LogP contribution in [0.5, 0.6) is 11.5 Å². The molecule has 1 unspecified atom stereocenters. The SMILES string of the molecule is NC(=O)C1COC(c2c(CCc3ccc(Cl)cc3)ccc(CCC(=O)O)c2Oc2ccccc2)=N1. The number of nitrogens with two attached hydrogens (primary N) is 1. The molecule has 7 nitrogen and oxygen atoms in total. The third-order valence-electron chi connectivity index (χ3n) is 5.69. The number of amides is 1. The number of aryl methyl sites for hydroxylation is 3. The van der Waals surface area contributed by atoms with Crippen molar-refractivity contribution < 1.29 is 24.2 Å². The Hall–Kier alpha value is -3.84. The van der Waals surface area contributed by atoms with Crippen LogP contribution in [0.15, 0.2) is 71.7 Å². The van der Waals surface area contributed by atoms with Crippen molar-refractivity contribution in [2.24, 2.45) is 10.7 Å². The van der Waals surface area contributed by atoms with Crippen LogP contribution >= 0.6 is 11.6 Å². The molecule has 0 aliphatic carbocycles. The van der Waals surface area contributed by atoms with Crippen LogP contribution in [0.1, 0.15) is 28.7 Å². The molecule has 0 saturated carbocycles. The Morgan fingerprint density at radius 2 is 1.71 bits per heavy atom. The Morgan fingerprint density at radius 1 is 1.00 bits per heavy atom. The maximum atomic E-state index is 11.7. The molecular weight excluding hydrogens is 468 g/mol. The first-order valence-electron chi connectivity index (χ1n) is 11.2. The second kappa shape index (κ2) is 11.1. The van der Waals surface area contributed by atoms with Gasteiger partial charge in [0.15, 0.2) is 6.04 Å². The minimum atomic E-state index is -0.910. The molecule has 3 aromatic carbocycles. The zero-order valence-corrected chi connectivity index (χ0v) is 19.7. The first-order valence-corrected chi connectivity index (χ1v) is 11.6. The first kappa shape index (κ1) is 24.3. The van der Waals surface area contributed by atoms with Crippen LogP contribution in [0.4, 0.5) is 0 Å². The summed E-state index contributed by atoms with van der Waals surface area (Å²) in [5.41, 5.74) is 8.77. The summed E-state index contributed by atoms with van der Waals surface area (Å²) < 4.78 is 12.1. The van der Waals surface area contributed by atoms with Gasteiger partial charge in [-0.2, -0.15) is 0 Å². The van der Waals surface area contributed by atoms with E-state index in [4.69, 9.17) is 26.8 Å². The number of halogens is 1. The molecule has 1 atom stereocenters. The predicted molar refractivity (Wildman–Crippen MR) is 133 cm³/mol. The average Bonchev–Trinajstić information content (AvgIpc) is 3.34. The number of benzene rings is 3. The molecule has 4 rings (SSSR count). The maximum absolute atomic E-state index is 11.7. The van der Waals surface area contributed by atoms with E-state index in [1.54, 1.807) is 0 Å². The van der Waals surface area contributed by atoms with Gasteiger partial charge in [0.25, 0.3) is 0 Å². The number of aliphatic imine (C=N–C) groups is 1. The summed E-state index contributed by atoms with van der Waals surface area (Å²) in [6, 6.07) is 19.9. The Bertz CT molecular complexity index is 1240. The van der Waals surface area contributed by atoms with Gasteiger partial charge in [0.1, 0.15) is 18.1 Å². The molecule has 0 spiro atoms. The molecule has 3 aromatic rings. The van der Waals surface area contributed by atoms with Gasteiger partial charge in [-0.05, 0) is 60.2 Å². The van der Waals surface area contributed by atoms with Crippen LogP contribution < -0.4 is 10.5 Å². The summed E-state index contributed by atoms with van der Waals surface area (Å²) in [6.07, 6.45) is 1.54. The molecule has 0 fully saturated rings. The van der Waals surface area contributed by atoms with Crippen LogP contribution in [-0.2, 0) is 33.6 Å². The summed E-state index contributed by atoms with van der Waals surface area (Å²) in [5, 5.41) is 9.93. The van der Waals surface area contributed by atoms with E-state index in [1.807, 2.05) is 66.7 Å². The smallest absolute Gasteiger partial charge is 0.303 e. The quantitative estimate of drug-likeness (QED) is 0.430. The Labute approximate surface area is 208 Å². The molecule has 1 aliphatic rings. The highest BCUT2D eigenvalue weighted by Crippen LogP contribution is 2.35. The number of carboxylic acid groups (broad SMARTS) is 1. The minimum Gasteiger partial charge on any atom is -0.481 e. The Balaban J connectivity index is 1.78. The van der Waals surface area contributed by atoms with Gasteiger partial charge in [0, 0.05) is 11.4 Å². The van der Waals surface area contributed by atoms with Gasteiger partial charge in [-0.25, -0.2) is 4.99 Å². The van der Waals surface area contributed by atoms with Crippen molar-refractivity contribution in [2.45, 2.75) is 31.7 Å². The third kappa shape index (κ3) is 6.19. The molecule has 1 aliphatic heterocycles. The zero-order chi connectivity index (χ0) is 24.8. The summed E-state index contributed by atoms with van der Waals surface area (Å²) in [7, 11) is 0. The molecule has 0 aromatic heterocycles. The maximum Gasteiger partial charge on any atom is 0.303 e. The van der Waals surface area contributed by atoms with Gasteiger partial charge < -0.3 is 20.3 Å². The van der Waals surface area contributed by atoms with Crippen molar-refractivity contribution in [3.8, 4) is 11.5 Å². The molecule has 0 saturated heterocycles. The van der Waals surface area contributed by atoms with Crippen molar-refractivity contribution in [3.63, 3.8) is 0 Å².